The highest BCUT2D eigenvalue weighted by Crippen LogP contribution is 2.61. The maximum absolute atomic E-state index is 13.6. The van der Waals surface area contributed by atoms with E-state index in [1.165, 1.54) is 27.8 Å². The van der Waals surface area contributed by atoms with Gasteiger partial charge in [-0.15, -0.1) is 0 Å². The van der Waals surface area contributed by atoms with Crippen molar-refractivity contribution in [3.8, 4) is 0 Å². The lowest BCUT2D eigenvalue weighted by Crippen LogP contribution is -2.67. The Hall–Kier alpha value is -2.68. The molecule has 3 nitrogen and oxygen atoms in total. The fourth-order valence-corrected chi connectivity index (χ4v) is 5.88. The molecular weight excluding hydrogens is 320 g/mol. The van der Waals surface area contributed by atoms with Crippen LogP contribution in [0.1, 0.15) is 36.5 Å². The quantitative estimate of drug-likeness (QED) is 0.778. The standard InChI is InChI=1S/C23H20N2O/c1-15-23-12-7-13-25(23)21(26)22(24-15)14-17-10-5-6-11-18(17)20(22)19(23)16-8-3-2-4-9-16/h2-6,8-11H,7,12-14H2,1H3. The molecule has 26 heavy (non-hydrogen) atoms. The van der Waals surface area contributed by atoms with E-state index in [9.17, 15) is 4.79 Å². The van der Waals surface area contributed by atoms with Crippen LogP contribution in [0.25, 0.3) is 11.1 Å². The van der Waals surface area contributed by atoms with Crippen LogP contribution in [0, 0.1) is 0 Å². The number of dihydropyridines is 1. The molecule has 2 bridgehead atoms. The minimum Gasteiger partial charge on any atom is -0.325 e. The van der Waals surface area contributed by atoms with Crippen LogP contribution in [-0.4, -0.2) is 34.1 Å². The Balaban J connectivity index is 1.79. The van der Waals surface area contributed by atoms with Gasteiger partial charge in [0.2, 0.25) is 0 Å². The molecule has 2 unspecified atom stereocenters. The average Bonchev–Trinajstić information content (AvgIpc) is 3.24. The molecule has 1 aliphatic carbocycles. The van der Waals surface area contributed by atoms with Gasteiger partial charge in [-0.3, -0.25) is 9.79 Å². The van der Waals surface area contributed by atoms with Gasteiger partial charge in [0.15, 0.2) is 5.54 Å². The van der Waals surface area contributed by atoms with Crippen LogP contribution in [0.3, 0.4) is 0 Å². The summed E-state index contributed by atoms with van der Waals surface area (Å²) in [5.74, 6) is 0.214. The molecule has 5 aliphatic rings. The molecule has 2 aromatic rings. The number of benzene rings is 2. The van der Waals surface area contributed by atoms with Crippen LogP contribution in [0.4, 0.5) is 0 Å². The molecule has 1 fully saturated rings. The minimum atomic E-state index is -0.745. The lowest BCUT2D eigenvalue weighted by molar-refractivity contribution is -0.137. The molecule has 2 aromatic carbocycles. The molecule has 2 atom stereocenters. The van der Waals surface area contributed by atoms with E-state index in [2.05, 4.69) is 66.4 Å². The summed E-state index contributed by atoms with van der Waals surface area (Å²) in [6.07, 6.45) is 2.71. The summed E-state index contributed by atoms with van der Waals surface area (Å²) in [7, 11) is 0. The van der Waals surface area contributed by atoms with E-state index in [4.69, 9.17) is 4.99 Å². The van der Waals surface area contributed by atoms with E-state index in [-0.39, 0.29) is 11.4 Å². The van der Waals surface area contributed by atoms with Gasteiger partial charge in [-0.05, 0) is 42.0 Å². The van der Waals surface area contributed by atoms with Crippen LogP contribution in [0.2, 0.25) is 0 Å². The molecule has 0 saturated carbocycles. The molecule has 0 radical (unpaired) electrons. The summed E-state index contributed by atoms with van der Waals surface area (Å²) < 4.78 is 0. The molecule has 1 amide bonds. The van der Waals surface area contributed by atoms with Crippen LogP contribution in [0.5, 0.6) is 0 Å². The molecule has 128 valence electrons. The normalized spacial score (nSPS) is 31.0. The number of hydrogen-bond donors (Lipinski definition) is 0. The highest BCUT2D eigenvalue weighted by Gasteiger charge is 2.67. The van der Waals surface area contributed by atoms with Crippen LogP contribution in [0.15, 0.2) is 59.6 Å². The third kappa shape index (κ3) is 1.40. The van der Waals surface area contributed by atoms with E-state index < -0.39 is 5.54 Å². The van der Waals surface area contributed by atoms with Crippen molar-refractivity contribution in [1.82, 2.24) is 4.90 Å². The second-order valence-electron chi connectivity index (χ2n) is 7.93. The molecular formula is C23H20N2O. The second kappa shape index (κ2) is 4.53. The van der Waals surface area contributed by atoms with Gasteiger partial charge in [0.25, 0.3) is 5.91 Å². The largest absolute Gasteiger partial charge is 0.325 e. The molecule has 0 N–H and O–H groups in total. The van der Waals surface area contributed by atoms with Crippen LogP contribution >= 0.6 is 0 Å². The summed E-state index contributed by atoms with van der Waals surface area (Å²) in [4.78, 5) is 20.9. The van der Waals surface area contributed by atoms with E-state index in [0.717, 1.165) is 25.1 Å². The van der Waals surface area contributed by atoms with Gasteiger partial charge < -0.3 is 4.90 Å². The predicted octanol–water partition coefficient (Wildman–Crippen LogP) is 3.74. The molecule has 7 rings (SSSR count). The molecule has 4 aliphatic heterocycles. The number of hydrogen-bond acceptors (Lipinski definition) is 2. The first kappa shape index (κ1) is 14.5. The number of carbonyl (C=O) groups excluding carboxylic acids is 1. The van der Waals surface area contributed by atoms with Crippen molar-refractivity contribution in [3.05, 3.63) is 71.3 Å². The fraction of sp³-hybridized carbons (Fsp3) is 0.304. The Morgan fingerprint density at radius 1 is 1.00 bits per heavy atom. The monoisotopic (exact) mass is 340 g/mol. The van der Waals surface area contributed by atoms with Crippen LogP contribution < -0.4 is 0 Å². The highest BCUT2D eigenvalue weighted by molar-refractivity contribution is 6.27. The zero-order chi connectivity index (χ0) is 17.5. The zero-order valence-corrected chi connectivity index (χ0v) is 14.8. The summed E-state index contributed by atoms with van der Waals surface area (Å²) in [6.45, 7) is 2.97. The average molecular weight is 340 g/mol. The van der Waals surface area contributed by atoms with Crippen molar-refractivity contribution in [2.75, 3.05) is 6.54 Å². The molecule has 3 heteroatoms. The Bertz CT molecular complexity index is 1040. The highest BCUT2D eigenvalue weighted by atomic mass is 16.2. The van der Waals surface area contributed by atoms with E-state index >= 15 is 0 Å². The Morgan fingerprint density at radius 2 is 1.77 bits per heavy atom. The van der Waals surface area contributed by atoms with Gasteiger partial charge in [-0.1, -0.05) is 54.6 Å². The van der Waals surface area contributed by atoms with Gasteiger partial charge in [0.05, 0.1) is 0 Å². The smallest absolute Gasteiger partial charge is 0.256 e. The first-order valence-electron chi connectivity index (χ1n) is 9.46. The first-order chi connectivity index (χ1) is 12.7. The minimum absolute atomic E-state index is 0.214. The van der Waals surface area contributed by atoms with Crippen molar-refractivity contribution in [3.63, 3.8) is 0 Å². The molecule has 1 saturated heterocycles. The first-order valence-corrected chi connectivity index (χ1v) is 9.46. The van der Waals surface area contributed by atoms with Gasteiger partial charge in [0.1, 0.15) is 5.54 Å². The Kier molecular flexibility index (Phi) is 2.52. The summed E-state index contributed by atoms with van der Waals surface area (Å²) in [6, 6.07) is 19.1. The maximum Gasteiger partial charge on any atom is 0.256 e. The van der Waals surface area contributed by atoms with Crippen molar-refractivity contribution in [2.45, 2.75) is 37.3 Å². The third-order valence-corrected chi connectivity index (χ3v) is 6.81. The summed E-state index contributed by atoms with van der Waals surface area (Å²) >= 11 is 0. The number of aliphatic imine (C=N–C) groups is 1. The van der Waals surface area contributed by atoms with Gasteiger partial charge in [0, 0.05) is 24.3 Å². The summed E-state index contributed by atoms with van der Waals surface area (Å²) in [5.41, 5.74) is 6.22. The zero-order valence-electron chi connectivity index (χ0n) is 14.8. The van der Waals surface area contributed by atoms with Crippen molar-refractivity contribution >= 4 is 22.8 Å². The van der Waals surface area contributed by atoms with Crippen molar-refractivity contribution in [1.29, 1.82) is 0 Å². The fourth-order valence-electron chi connectivity index (χ4n) is 5.88. The van der Waals surface area contributed by atoms with E-state index in [1.807, 2.05) is 0 Å². The SMILES string of the molecule is CC1=NC23Cc4ccccc4C2=C(c2ccccc2)C12CCCN2C3=O. The Labute approximate surface area is 153 Å². The lowest BCUT2D eigenvalue weighted by Gasteiger charge is -2.54. The number of fused-ring (bicyclic) bond motifs is 1. The summed E-state index contributed by atoms with van der Waals surface area (Å²) in [5, 5.41) is 0. The van der Waals surface area contributed by atoms with Gasteiger partial charge in [-0.2, -0.15) is 0 Å². The third-order valence-electron chi connectivity index (χ3n) is 6.81. The van der Waals surface area contributed by atoms with E-state index in [1.54, 1.807) is 0 Å². The van der Waals surface area contributed by atoms with Gasteiger partial charge in [-0.25, -0.2) is 0 Å². The maximum atomic E-state index is 13.6. The van der Waals surface area contributed by atoms with Gasteiger partial charge >= 0.3 is 0 Å². The predicted molar refractivity (Wildman–Crippen MR) is 103 cm³/mol. The number of rotatable bonds is 1. The topological polar surface area (TPSA) is 32.7 Å². The molecule has 2 spiro atoms. The Morgan fingerprint density at radius 3 is 2.62 bits per heavy atom. The van der Waals surface area contributed by atoms with E-state index in [0.29, 0.717) is 6.42 Å². The molecule has 0 aromatic heterocycles. The number of amides is 1. The second-order valence-corrected chi connectivity index (χ2v) is 7.93. The van der Waals surface area contributed by atoms with Crippen LogP contribution in [-0.2, 0) is 11.2 Å². The van der Waals surface area contributed by atoms with Crippen molar-refractivity contribution < 1.29 is 4.79 Å². The number of nitrogens with zero attached hydrogens (tertiary/aromatic N) is 2. The number of carbonyl (C=O) groups is 1. The molecule has 4 heterocycles. The lowest BCUT2D eigenvalue weighted by atomic mass is 9.65. The van der Waals surface area contributed by atoms with Crippen molar-refractivity contribution in [2.24, 2.45) is 4.99 Å².